The molecule has 0 bridgehead atoms. The summed E-state index contributed by atoms with van der Waals surface area (Å²) in [6, 6.07) is 8.57. The Morgan fingerprint density at radius 1 is 1.30 bits per heavy atom. The number of benzene rings is 1. The van der Waals surface area contributed by atoms with Crippen LogP contribution in [-0.4, -0.2) is 27.2 Å². The number of hydrogen-bond donors (Lipinski definition) is 3. The molecule has 0 unspecified atom stereocenters. The van der Waals surface area contributed by atoms with Crippen molar-refractivity contribution >= 4 is 29.9 Å². The molecule has 2 aromatic rings. The highest BCUT2D eigenvalue weighted by molar-refractivity contribution is 14.0. The molecule has 1 aliphatic rings. The average Bonchev–Trinajstić information content (AvgIpc) is 3.09. The van der Waals surface area contributed by atoms with Crippen molar-refractivity contribution in [3.8, 4) is 11.4 Å². The van der Waals surface area contributed by atoms with Crippen molar-refractivity contribution in [3.05, 3.63) is 36.2 Å². The minimum atomic E-state index is 0. The van der Waals surface area contributed by atoms with Gasteiger partial charge in [0.1, 0.15) is 6.33 Å². The zero-order chi connectivity index (χ0) is 15.2. The van der Waals surface area contributed by atoms with Gasteiger partial charge in [0, 0.05) is 11.6 Å². The van der Waals surface area contributed by atoms with Gasteiger partial charge in [-0.1, -0.05) is 37.5 Å². The lowest BCUT2D eigenvalue weighted by Crippen LogP contribution is -2.41. The Bertz CT molecular complexity index is 619. The quantitative estimate of drug-likeness (QED) is 0.398. The number of rotatable bonds is 4. The number of guanidine groups is 1. The summed E-state index contributed by atoms with van der Waals surface area (Å²) < 4.78 is 0. The topological polar surface area (TPSA) is 92.0 Å². The molecular weight excluding hydrogens is 403 g/mol. The lowest BCUT2D eigenvalue weighted by Gasteiger charge is -2.23. The number of hydrogen-bond acceptors (Lipinski definition) is 3. The van der Waals surface area contributed by atoms with E-state index in [0.29, 0.717) is 18.5 Å². The molecule has 0 amide bonds. The number of aromatic amines is 1. The van der Waals surface area contributed by atoms with E-state index < -0.39 is 0 Å². The highest BCUT2D eigenvalue weighted by atomic mass is 127. The van der Waals surface area contributed by atoms with Gasteiger partial charge >= 0.3 is 0 Å². The molecule has 23 heavy (non-hydrogen) atoms. The fourth-order valence-electron chi connectivity index (χ4n) is 2.84. The first-order valence-electron chi connectivity index (χ1n) is 7.82. The van der Waals surface area contributed by atoms with Crippen molar-refractivity contribution < 1.29 is 0 Å². The van der Waals surface area contributed by atoms with E-state index in [0.717, 1.165) is 17.0 Å². The van der Waals surface area contributed by atoms with Crippen LogP contribution in [0, 0.1) is 0 Å². The molecule has 0 atom stereocenters. The maximum atomic E-state index is 6.00. The second kappa shape index (κ2) is 8.85. The fraction of sp³-hybridized carbons (Fsp3) is 0.438. The average molecular weight is 426 g/mol. The van der Waals surface area contributed by atoms with Crippen LogP contribution in [-0.2, 0) is 6.54 Å². The highest BCUT2D eigenvalue weighted by Gasteiger charge is 2.13. The number of aromatic nitrogens is 3. The molecule has 1 heterocycles. The molecule has 1 aromatic heterocycles. The summed E-state index contributed by atoms with van der Waals surface area (Å²) >= 11 is 0. The Hall–Kier alpha value is -1.64. The third-order valence-electron chi connectivity index (χ3n) is 4.00. The van der Waals surface area contributed by atoms with Gasteiger partial charge in [0.2, 0.25) is 0 Å². The van der Waals surface area contributed by atoms with Crippen LogP contribution in [0.15, 0.2) is 35.6 Å². The SMILES string of the molecule is I.NC(=NCc1cccc(-c2ncn[nH]2)c1)NC1CCCCC1. The number of nitrogens with one attached hydrogen (secondary N) is 2. The van der Waals surface area contributed by atoms with Crippen LogP contribution >= 0.6 is 24.0 Å². The third-order valence-corrected chi connectivity index (χ3v) is 4.00. The summed E-state index contributed by atoms with van der Waals surface area (Å²) in [6.07, 6.45) is 7.79. The van der Waals surface area contributed by atoms with Gasteiger partial charge < -0.3 is 11.1 Å². The molecule has 1 fully saturated rings. The summed E-state index contributed by atoms with van der Waals surface area (Å²) in [7, 11) is 0. The maximum Gasteiger partial charge on any atom is 0.189 e. The number of H-pyrrole nitrogens is 1. The summed E-state index contributed by atoms with van der Waals surface area (Å²) in [5.74, 6) is 1.30. The smallest absolute Gasteiger partial charge is 0.189 e. The van der Waals surface area contributed by atoms with Gasteiger partial charge in [-0.15, -0.1) is 24.0 Å². The van der Waals surface area contributed by atoms with Crippen molar-refractivity contribution in [2.45, 2.75) is 44.7 Å². The zero-order valence-corrected chi connectivity index (χ0v) is 15.4. The van der Waals surface area contributed by atoms with Gasteiger partial charge in [0.25, 0.3) is 0 Å². The molecule has 0 saturated heterocycles. The van der Waals surface area contributed by atoms with Crippen LogP contribution in [0.3, 0.4) is 0 Å². The molecule has 6 nitrogen and oxygen atoms in total. The number of nitrogens with zero attached hydrogens (tertiary/aromatic N) is 3. The first kappa shape index (κ1) is 17.7. The Morgan fingerprint density at radius 2 is 2.13 bits per heavy atom. The van der Waals surface area contributed by atoms with E-state index >= 15 is 0 Å². The molecule has 1 aliphatic carbocycles. The fourth-order valence-corrected chi connectivity index (χ4v) is 2.84. The normalized spacial score (nSPS) is 15.9. The van der Waals surface area contributed by atoms with Crippen LogP contribution in [0.4, 0.5) is 0 Å². The van der Waals surface area contributed by atoms with E-state index in [-0.39, 0.29) is 24.0 Å². The molecule has 0 radical (unpaired) electrons. The van der Waals surface area contributed by atoms with E-state index in [1.165, 1.54) is 38.4 Å². The first-order chi connectivity index (χ1) is 10.8. The molecule has 7 heteroatoms. The Balaban J connectivity index is 0.00000192. The molecule has 1 saturated carbocycles. The van der Waals surface area contributed by atoms with Gasteiger partial charge in [-0.3, -0.25) is 5.10 Å². The lowest BCUT2D eigenvalue weighted by molar-refractivity contribution is 0.412. The molecule has 124 valence electrons. The molecule has 3 rings (SSSR count). The summed E-state index contributed by atoms with van der Waals surface area (Å²) in [5.41, 5.74) is 8.10. The van der Waals surface area contributed by atoms with E-state index in [1.54, 1.807) is 0 Å². The number of halogens is 1. The van der Waals surface area contributed by atoms with E-state index in [1.807, 2.05) is 18.2 Å². The van der Waals surface area contributed by atoms with Gasteiger partial charge in [-0.2, -0.15) is 5.10 Å². The van der Waals surface area contributed by atoms with Crippen LogP contribution in [0.1, 0.15) is 37.7 Å². The highest BCUT2D eigenvalue weighted by Crippen LogP contribution is 2.17. The first-order valence-corrected chi connectivity index (χ1v) is 7.82. The maximum absolute atomic E-state index is 6.00. The molecule has 0 aliphatic heterocycles. The van der Waals surface area contributed by atoms with Gasteiger partial charge in [-0.25, -0.2) is 9.98 Å². The zero-order valence-electron chi connectivity index (χ0n) is 13.0. The summed E-state index contributed by atoms with van der Waals surface area (Å²) in [4.78, 5) is 8.61. The Morgan fingerprint density at radius 3 is 2.87 bits per heavy atom. The third kappa shape index (κ3) is 5.19. The van der Waals surface area contributed by atoms with Crippen molar-refractivity contribution in [2.75, 3.05) is 0 Å². The predicted molar refractivity (Wildman–Crippen MR) is 103 cm³/mol. The minimum absolute atomic E-state index is 0. The van der Waals surface area contributed by atoms with Crippen molar-refractivity contribution in [2.24, 2.45) is 10.7 Å². The predicted octanol–water partition coefficient (Wildman–Crippen LogP) is 2.83. The van der Waals surface area contributed by atoms with E-state index in [4.69, 9.17) is 5.73 Å². The molecule has 0 spiro atoms. The Kier molecular flexibility index (Phi) is 6.82. The second-order valence-electron chi connectivity index (χ2n) is 5.72. The van der Waals surface area contributed by atoms with E-state index in [9.17, 15) is 0 Å². The van der Waals surface area contributed by atoms with Crippen molar-refractivity contribution in [3.63, 3.8) is 0 Å². The minimum Gasteiger partial charge on any atom is -0.370 e. The number of aliphatic imine (C=N–C) groups is 1. The monoisotopic (exact) mass is 426 g/mol. The standard InChI is InChI=1S/C16H22N6.HI/c17-16(21-14-7-2-1-3-8-14)18-10-12-5-4-6-13(9-12)15-19-11-20-22-15;/h4-6,9,11,14H,1-3,7-8,10H2,(H3,17,18,21)(H,19,20,22);1H. The lowest BCUT2D eigenvalue weighted by atomic mass is 9.96. The summed E-state index contributed by atoms with van der Waals surface area (Å²) in [5, 5.41) is 10.1. The molecular formula is C16H23IN6. The second-order valence-corrected chi connectivity index (χ2v) is 5.72. The summed E-state index contributed by atoms with van der Waals surface area (Å²) in [6.45, 7) is 0.563. The largest absolute Gasteiger partial charge is 0.370 e. The van der Waals surface area contributed by atoms with Crippen LogP contribution in [0.5, 0.6) is 0 Å². The van der Waals surface area contributed by atoms with Crippen LogP contribution < -0.4 is 11.1 Å². The molecule has 1 aromatic carbocycles. The van der Waals surface area contributed by atoms with Crippen LogP contribution in [0.2, 0.25) is 0 Å². The Labute approximate surface area is 153 Å². The van der Waals surface area contributed by atoms with Gasteiger partial charge in [-0.05, 0) is 24.5 Å². The van der Waals surface area contributed by atoms with Gasteiger partial charge in [0.15, 0.2) is 11.8 Å². The molecule has 4 N–H and O–H groups in total. The van der Waals surface area contributed by atoms with Crippen LogP contribution in [0.25, 0.3) is 11.4 Å². The van der Waals surface area contributed by atoms with E-state index in [2.05, 4.69) is 31.6 Å². The van der Waals surface area contributed by atoms with Crippen molar-refractivity contribution in [1.82, 2.24) is 20.5 Å². The van der Waals surface area contributed by atoms with Crippen molar-refractivity contribution in [1.29, 1.82) is 0 Å². The van der Waals surface area contributed by atoms with Gasteiger partial charge in [0.05, 0.1) is 6.54 Å². The number of nitrogens with two attached hydrogens (primary N) is 1.